The van der Waals surface area contributed by atoms with Crippen molar-refractivity contribution in [2.24, 2.45) is 0 Å². The molecule has 0 aliphatic heterocycles. The Morgan fingerprint density at radius 2 is 1.71 bits per heavy atom. The Balaban J connectivity index is 2.63. The van der Waals surface area contributed by atoms with E-state index in [0.29, 0.717) is 0 Å². The molecule has 0 heterocycles. The molecule has 0 saturated heterocycles. The molecule has 0 saturated carbocycles. The van der Waals surface area contributed by atoms with Gasteiger partial charge in [0.2, 0.25) is 0 Å². The summed E-state index contributed by atoms with van der Waals surface area (Å²) in [6.45, 7) is 0. The normalized spacial score (nSPS) is 13.2. The highest BCUT2D eigenvalue weighted by Crippen LogP contribution is 2.38. The molecular weight excluding hydrogens is 306 g/mol. The molecule has 0 radical (unpaired) electrons. The summed E-state index contributed by atoms with van der Waals surface area (Å²) in [6.07, 6.45) is -4.52. The number of hydrogen-bond acceptors (Lipinski definition) is 1. The Kier molecular flexibility index (Phi) is 4.54. The highest BCUT2D eigenvalue weighted by atomic mass is 35.5. The fraction of sp³-hybridized carbons (Fsp3) is 0.200. The average Bonchev–Trinajstić information content (AvgIpc) is 2.42. The van der Waals surface area contributed by atoms with Crippen molar-refractivity contribution >= 4 is 11.6 Å². The molecule has 6 heteroatoms. The van der Waals surface area contributed by atoms with Crippen LogP contribution in [0.1, 0.15) is 22.7 Å². The van der Waals surface area contributed by atoms with Crippen molar-refractivity contribution in [3.05, 3.63) is 70.0 Å². The van der Waals surface area contributed by atoms with Crippen LogP contribution in [0.25, 0.3) is 0 Å². The van der Waals surface area contributed by atoms with Crippen LogP contribution in [0, 0.1) is 5.82 Å². The molecule has 2 rings (SSSR count). The van der Waals surface area contributed by atoms with Crippen molar-refractivity contribution in [3.63, 3.8) is 0 Å². The topological polar surface area (TPSA) is 12.0 Å². The quantitative estimate of drug-likeness (QED) is 0.801. The van der Waals surface area contributed by atoms with E-state index in [4.69, 9.17) is 11.6 Å². The first kappa shape index (κ1) is 15.8. The summed E-state index contributed by atoms with van der Waals surface area (Å²) in [5.41, 5.74) is -0.887. The molecule has 1 atom stereocenters. The van der Waals surface area contributed by atoms with E-state index < -0.39 is 23.6 Å². The van der Waals surface area contributed by atoms with Crippen LogP contribution in [0.2, 0.25) is 5.02 Å². The Morgan fingerprint density at radius 3 is 2.29 bits per heavy atom. The summed E-state index contributed by atoms with van der Waals surface area (Å²) in [6, 6.07) is 8.08. The van der Waals surface area contributed by atoms with Crippen LogP contribution >= 0.6 is 11.6 Å². The van der Waals surface area contributed by atoms with Crippen molar-refractivity contribution in [1.29, 1.82) is 0 Å². The number of halogens is 5. The zero-order valence-electron chi connectivity index (χ0n) is 11.0. The zero-order valence-corrected chi connectivity index (χ0v) is 11.8. The second-order valence-corrected chi connectivity index (χ2v) is 4.85. The maximum absolute atomic E-state index is 14.0. The van der Waals surface area contributed by atoms with Gasteiger partial charge in [0.1, 0.15) is 5.82 Å². The van der Waals surface area contributed by atoms with E-state index in [1.165, 1.54) is 43.4 Å². The van der Waals surface area contributed by atoms with Crippen LogP contribution in [0.15, 0.2) is 42.5 Å². The van der Waals surface area contributed by atoms with Crippen LogP contribution in [0.3, 0.4) is 0 Å². The first-order valence-corrected chi connectivity index (χ1v) is 6.51. The van der Waals surface area contributed by atoms with Gasteiger partial charge in [-0.3, -0.25) is 0 Å². The number of hydrogen-bond donors (Lipinski definition) is 1. The van der Waals surface area contributed by atoms with Gasteiger partial charge in [-0.1, -0.05) is 35.9 Å². The van der Waals surface area contributed by atoms with Gasteiger partial charge in [0, 0.05) is 10.6 Å². The lowest BCUT2D eigenvalue weighted by molar-refractivity contribution is -0.138. The molecule has 0 spiro atoms. The van der Waals surface area contributed by atoms with Crippen molar-refractivity contribution in [2.45, 2.75) is 12.2 Å². The first-order chi connectivity index (χ1) is 9.86. The second kappa shape index (κ2) is 6.03. The van der Waals surface area contributed by atoms with E-state index in [9.17, 15) is 17.6 Å². The lowest BCUT2D eigenvalue weighted by Crippen LogP contribution is -2.23. The Hall–Kier alpha value is -1.59. The van der Waals surface area contributed by atoms with Gasteiger partial charge in [-0.15, -0.1) is 0 Å². The van der Waals surface area contributed by atoms with E-state index in [-0.39, 0.29) is 16.1 Å². The molecule has 112 valence electrons. The standard InChI is InChI=1S/C15H12ClF4N/c1-21-14(13-11(16)7-4-8-12(13)17)9-5-2-3-6-10(9)15(18,19)20/h2-8,14,21H,1H3. The molecule has 21 heavy (non-hydrogen) atoms. The molecule has 0 amide bonds. The number of alkyl halides is 3. The van der Waals surface area contributed by atoms with Crippen LogP contribution < -0.4 is 5.32 Å². The minimum absolute atomic E-state index is 0.00151. The largest absolute Gasteiger partial charge is 0.416 e. The summed E-state index contributed by atoms with van der Waals surface area (Å²) in [7, 11) is 1.46. The summed E-state index contributed by atoms with van der Waals surface area (Å²) >= 11 is 5.96. The van der Waals surface area contributed by atoms with Gasteiger partial charge in [-0.2, -0.15) is 13.2 Å². The third kappa shape index (κ3) is 3.19. The lowest BCUT2D eigenvalue weighted by Gasteiger charge is -2.23. The predicted molar refractivity (Wildman–Crippen MR) is 73.8 cm³/mol. The lowest BCUT2D eigenvalue weighted by atomic mass is 9.94. The molecule has 0 fully saturated rings. The Morgan fingerprint density at radius 1 is 1.05 bits per heavy atom. The molecule has 1 N–H and O–H groups in total. The van der Waals surface area contributed by atoms with Crippen LogP contribution in [-0.4, -0.2) is 7.05 Å². The summed E-state index contributed by atoms with van der Waals surface area (Å²) in [5.74, 6) is -0.654. The van der Waals surface area contributed by atoms with E-state index in [1.54, 1.807) is 0 Å². The number of rotatable bonds is 3. The van der Waals surface area contributed by atoms with Gasteiger partial charge >= 0.3 is 6.18 Å². The monoisotopic (exact) mass is 317 g/mol. The minimum atomic E-state index is -4.52. The van der Waals surface area contributed by atoms with Crippen LogP contribution in [-0.2, 0) is 6.18 Å². The van der Waals surface area contributed by atoms with E-state index >= 15 is 0 Å². The van der Waals surface area contributed by atoms with Crippen LogP contribution in [0.5, 0.6) is 0 Å². The molecule has 0 aromatic heterocycles. The summed E-state index contributed by atoms with van der Waals surface area (Å²) in [4.78, 5) is 0. The van der Waals surface area contributed by atoms with E-state index in [2.05, 4.69) is 5.32 Å². The third-order valence-electron chi connectivity index (χ3n) is 3.15. The van der Waals surface area contributed by atoms with Crippen molar-refractivity contribution in [2.75, 3.05) is 7.05 Å². The number of benzene rings is 2. The average molecular weight is 318 g/mol. The Labute approximate surface area is 124 Å². The minimum Gasteiger partial charge on any atom is -0.309 e. The van der Waals surface area contributed by atoms with Crippen LogP contribution in [0.4, 0.5) is 17.6 Å². The molecule has 1 nitrogen and oxygen atoms in total. The fourth-order valence-corrected chi connectivity index (χ4v) is 2.52. The molecule has 0 bridgehead atoms. The Bertz CT molecular complexity index is 620. The summed E-state index contributed by atoms with van der Waals surface area (Å²) < 4.78 is 53.3. The second-order valence-electron chi connectivity index (χ2n) is 4.44. The SMILES string of the molecule is CNC(c1ccccc1C(F)(F)F)c1c(F)cccc1Cl. The van der Waals surface area contributed by atoms with Gasteiger partial charge in [-0.25, -0.2) is 4.39 Å². The maximum atomic E-state index is 14.0. The molecule has 2 aromatic rings. The van der Waals surface area contributed by atoms with Gasteiger partial charge < -0.3 is 5.32 Å². The van der Waals surface area contributed by atoms with E-state index in [1.807, 2.05) is 0 Å². The molecule has 0 aliphatic carbocycles. The zero-order chi connectivity index (χ0) is 15.6. The van der Waals surface area contributed by atoms with Gasteiger partial charge in [0.05, 0.1) is 11.6 Å². The van der Waals surface area contributed by atoms with Crippen molar-refractivity contribution in [3.8, 4) is 0 Å². The highest BCUT2D eigenvalue weighted by Gasteiger charge is 2.35. The maximum Gasteiger partial charge on any atom is 0.416 e. The highest BCUT2D eigenvalue weighted by molar-refractivity contribution is 6.31. The molecule has 0 aliphatic rings. The van der Waals surface area contributed by atoms with Gasteiger partial charge in [0.25, 0.3) is 0 Å². The van der Waals surface area contributed by atoms with Gasteiger partial charge in [0.15, 0.2) is 0 Å². The van der Waals surface area contributed by atoms with E-state index in [0.717, 1.165) is 6.07 Å². The molecule has 1 unspecified atom stereocenters. The molecular formula is C15H12ClF4N. The predicted octanol–water partition coefficient (Wildman–Crippen LogP) is 4.81. The first-order valence-electron chi connectivity index (χ1n) is 6.13. The summed E-state index contributed by atoms with van der Waals surface area (Å²) in [5, 5.41) is 2.78. The molecule has 2 aromatic carbocycles. The van der Waals surface area contributed by atoms with Crippen molar-refractivity contribution < 1.29 is 17.6 Å². The fourth-order valence-electron chi connectivity index (χ4n) is 2.25. The smallest absolute Gasteiger partial charge is 0.309 e. The van der Waals surface area contributed by atoms with Gasteiger partial charge in [-0.05, 0) is 30.8 Å². The third-order valence-corrected chi connectivity index (χ3v) is 3.48. The number of nitrogens with one attached hydrogen (secondary N) is 1. The van der Waals surface area contributed by atoms with Crippen molar-refractivity contribution in [1.82, 2.24) is 5.32 Å².